The maximum Gasteiger partial charge on any atom is 0.254 e. The Kier molecular flexibility index (Phi) is 5.66. The second kappa shape index (κ2) is 8.13. The monoisotopic (exact) mass is 354 g/mol. The minimum atomic E-state index is -0.409. The van der Waals surface area contributed by atoms with Gasteiger partial charge in [-0.05, 0) is 36.6 Å². The summed E-state index contributed by atoms with van der Waals surface area (Å²) in [4.78, 5) is 28.8. The highest BCUT2D eigenvalue weighted by atomic mass is 19.1. The first-order valence-electron chi connectivity index (χ1n) is 8.92. The van der Waals surface area contributed by atoms with Gasteiger partial charge in [0.1, 0.15) is 5.82 Å². The Morgan fingerprint density at radius 3 is 2.42 bits per heavy atom. The highest BCUT2D eigenvalue weighted by molar-refractivity contribution is 5.95. The van der Waals surface area contributed by atoms with Gasteiger partial charge in [-0.1, -0.05) is 36.4 Å². The van der Waals surface area contributed by atoms with Crippen molar-refractivity contribution in [1.82, 2.24) is 9.80 Å². The van der Waals surface area contributed by atoms with Crippen LogP contribution in [0.5, 0.6) is 0 Å². The van der Waals surface area contributed by atoms with Crippen molar-refractivity contribution in [2.45, 2.75) is 19.8 Å². The van der Waals surface area contributed by atoms with E-state index in [0.717, 1.165) is 17.5 Å². The molecule has 5 heteroatoms. The van der Waals surface area contributed by atoms with Gasteiger partial charge in [0, 0.05) is 31.7 Å². The molecule has 2 amide bonds. The molecule has 1 heterocycles. The smallest absolute Gasteiger partial charge is 0.254 e. The Hall–Kier alpha value is -2.69. The summed E-state index contributed by atoms with van der Waals surface area (Å²) in [5.74, 6) is -0.500. The Morgan fingerprint density at radius 2 is 1.65 bits per heavy atom. The summed E-state index contributed by atoms with van der Waals surface area (Å²) in [7, 11) is 0. The van der Waals surface area contributed by atoms with E-state index in [-0.39, 0.29) is 11.8 Å². The Balaban J connectivity index is 1.63. The van der Waals surface area contributed by atoms with Crippen LogP contribution in [0.1, 0.15) is 27.9 Å². The van der Waals surface area contributed by atoms with Gasteiger partial charge >= 0.3 is 0 Å². The van der Waals surface area contributed by atoms with Crippen molar-refractivity contribution in [2.75, 3.05) is 26.2 Å². The average molecular weight is 354 g/mol. The fourth-order valence-corrected chi connectivity index (χ4v) is 3.25. The molecule has 1 saturated heterocycles. The molecule has 3 rings (SSSR count). The third-order valence-electron chi connectivity index (χ3n) is 4.76. The van der Waals surface area contributed by atoms with Crippen molar-refractivity contribution in [1.29, 1.82) is 0 Å². The van der Waals surface area contributed by atoms with Gasteiger partial charge in [0.25, 0.3) is 5.91 Å². The molecule has 1 aliphatic heterocycles. The number of carbonyl (C=O) groups excluding carboxylic acids is 2. The van der Waals surface area contributed by atoms with Crippen molar-refractivity contribution in [3.05, 3.63) is 71.0 Å². The lowest BCUT2D eigenvalue weighted by Crippen LogP contribution is -2.38. The van der Waals surface area contributed by atoms with E-state index in [4.69, 9.17) is 0 Å². The van der Waals surface area contributed by atoms with Gasteiger partial charge in [-0.15, -0.1) is 0 Å². The van der Waals surface area contributed by atoms with Crippen LogP contribution in [0.2, 0.25) is 0 Å². The molecule has 0 saturated carbocycles. The predicted molar refractivity (Wildman–Crippen MR) is 98.4 cm³/mol. The molecule has 0 unspecified atom stereocenters. The van der Waals surface area contributed by atoms with Crippen LogP contribution in [0, 0.1) is 12.7 Å². The Bertz CT molecular complexity index is 792. The van der Waals surface area contributed by atoms with Gasteiger partial charge in [-0.3, -0.25) is 9.59 Å². The predicted octanol–water partition coefficient (Wildman–Crippen LogP) is 3.05. The maximum atomic E-state index is 13.5. The highest BCUT2D eigenvalue weighted by Gasteiger charge is 2.24. The summed E-state index contributed by atoms with van der Waals surface area (Å²) >= 11 is 0. The van der Waals surface area contributed by atoms with Gasteiger partial charge < -0.3 is 9.80 Å². The molecule has 2 aromatic rings. The van der Waals surface area contributed by atoms with E-state index in [1.54, 1.807) is 17.9 Å². The van der Waals surface area contributed by atoms with Crippen LogP contribution >= 0.6 is 0 Å². The lowest BCUT2D eigenvalue weighted by atomic mass is 10.1. The molecular formula is C21H23FN2O2. The highest BCUT2D eigenvalue weighted by Crippen LogP contribution is 2.15. The van der Waals surface area contributed by atoms with Crippen LogP contribution in [-0.2, 0) is 11.2 Å². The second-order valence-electron chi connectivity index (χ2n) is 6.65. The lowest BCUT2D eigenvalue weighted by Gasteiger charge is -2.23. The fourth-order valence-electron chi connectivity index (χ4n) is 3.25. The summed E-state index contributed by atoms with van der Waals surface area (Å²) < 4.78 is 13.5. The number of amides is 2. The largest absolute Gasteiger partial charge is 0.341 e. The third-order valence-corrected chi connectivity index (χ3v) is 4.76. The van der Waals surface area contributed by atoms with Crippen molar-refractivity contribution in [3.8, 4) is 0 Å². The molecule has 26 heavy (non-hydrogen) atoms. The van der Waals surface area contributed by atoms with E-state index in [9.17, 15) is 14.0 Å². The van der Waals surface area contributed by atoms with E-state index >= 15 is 0 Å². The molecule has 2 aromatic carbocycles. The first-order chi connectivity index (χ1) is 12.5. The maximum absolute atomic E-state index is 13.5. The van der Waals surface area contributed by atoms with E-state index in [1.165, 1.54) is 12.1 Å². The minimum absolute atomic E-state index is 0.0763. The van der Waals surface area contributed by atoms with Gasteiger partial charge in [-0.25, -0.2) is 4.39 Å². The zero-order valence-electron chi connectivity index (χ0n) is 15.0. The van der Waals surface area contributed by atoms with Crippen LogP contribution in [0.3, 0.4) is 0 Å². The normalized spacial score (nSPS) is 14.8. The van der Waals surface area contributed by atoms with Gasteiger partial charge in [-0.2, -0.15) is 0 Å². The summed E-state index contributed by atoms with van der Waals surface area (Å²) in [6.45, 7) is 3.99. The molecule has 1 aliphatic rings. The lowest BCUT2D eigenvalue weighted by molar-refractivity contribution is -0.130. The van der Waals surface area contributed by atoms with E-state index in [0.29, 0.717) is 38.2 Å². The third kappa shape index (κ3) is 4.28. The zero-order chi connectivity index (χ0) is 18.5. The van der Waals surface area contributed by atoms with Crippen LogP contribution in [0.4, 0.5) is 4.39 Å². The quantitative estimate of drug-likeness (QED) is 0.850. The van der Waals surface area contributed by atoms with Gasteiger partial charge in [0.15, 0.2) is 0 Å². The van der Waals surface area contributed by atoms with Gasteiger partial charge in [0.05, 0.1) is 6.42 Å². The standard InChI is InChI=1S/C21H23FN2O2/c1-16-8-9-18(22)15-19(16)21(26)24-11-5-10-23(12-13-24)20(25)14-17-6-3-2-4-7-17/h2-4,6-9,15H,5,10-14H2,1H3. The van der Waals surface area contributed by atoms with Crippen molar-refractivity contribution < 1.29 is 14.0 Å². The van der Waals surface area contributed by atoms with Crippen molar-refractivity contribution in [2.24, 2.45) is 0 Å². The van der Waals surface area contributed by atoms with Crippen LogP contribution < -0.4 is 0 Å². The molecule has 0 aromatic heterocycles. The number of hydrogen-bond acceptors (Lipinski definition) is 2. The number of hydrogen-bond donors (Lipinski definition) is 0. The number of aryl methyl sites for hydroxylation is 1. The molecule has 0 aliphatic carbocycles. The summed E-state index contributed by atoms with van der Waals surface area (Å²) in [5.41, 5.74) is 2.15. The molecule has 136 valence electrons. The number of carbonyl (C=O) groups is 2. The summed E-state index contributed by atoms with van der Waals surface area (Å²) in [6, 6.07) is 13.9. The van der Waals surface area contributed by atoms with E-state index < -0.39 is 5.82 Å². The number of benzene rings is 2. The molecule has 0 radical (unpaired) electrons. The molecular weight excluding hydrogens is 331 g/mol. The summed E-state index contributed by atoms with van der Waals surface area (Å²) in [6.07, 6.45) is 1.10. The average Bonchev–Trinajstić information content (AvgIpc) is 2.90. The van der Waals surface area contributed by atoms with E-state index in [2.05, 4.69) is 0 Å². The van der Waals surface area contributed by atoms with Crippen LogP contribution in [0.25, 0.3) is 0 Å². The summed E-state index contributed by atoms with van der Waals surface area (Å²) in [5, 5.41) is 0. The van der Waals surface area contributed by atoms with Crippen LogP contribution in [0.15, 0.2) is 48.5 Å². The topological polar surface area (TPSA) is 40.6 Å². The fraction of sp³-hybridized carbons (Fsp3) is 0.333. The van der Waals surface area contributed by atoms with Crippen molar-refractivity contribution >= 4 is 11.8 Å². The Labute approximate surface area is 153 Å². The number of rotatable bonds is 3. The molecule has 0 bridgehead atoms. The van der Waals surface area contributed by atoms with Crippen molar-refractivity contribution in [3.63, 3.8) is 0 Å². The number of halogens is 1. The SMILES string of the molecule is Cc1ccc(F)cc1C(=O)N1CCCN(C(=O)Cc2ccccc2)CC1. The molecule has 0 spiro atoms. The van der Waals surface area contributed by atoms with Crippen LogP contribution in [-0.4, -0.2) is 47.8 Å². The minimum Gasteiger partial charge on any atom is -0.341 e. The molecule has 4 nitrogen and oxygen atoms in total. The second-order valence-corrected chi connectivity index (χ2v) is 6.65. The number of nitrogens with zero attached hydrogens (tertiary/aromatic N) is 2. The first-order valence-corrected chi connectivity index (χ1v) is 8.92. The zero-order valence-corrected chi connectivity index (χ0v) is 15.0. The van der Waals surface area contributed by atoms with Gasteiger partial charge in [0.2, 0.25) is 5.91 Å². The first kappa shape index (κ1) is 18.1. The molecule has 0 atom stereocenters. The Morgan fingerprint density at radius 1 is 0.962 bits per heavy atom. The molecule has 0 N–H and O–H groups in total. The molecule has 1 fully saturated rings. The van der Waals surface area contributed by atoms with E-state index in [1.807, 2.05) is 35.2 Å².